The van der Waals surface area contributed by atoms with Gasteiger partial charge in [-0.1, -0.05) is 12.1 Å². The molecule has 2 aromatic rings. The molecule has 0 radical (unpaired) electrons. The van der Waals surface area contributed by atoms with E-state index in [2.05, 4.69) is 10.6 Å². The summed E-state index contributed by atoms with van der Waals surface area (Å²) in [6.07, 6.45) is 0.690. The number of urea groups is 1. The average molecular weight is 332 g/mol. The molecule has 6 heteroatoms. The summed E-state index contributed by atoms with van der Waals surface area (Å²) in [5.41, 5.74) is 0.842. The van der Waals surface area contributed by atoms with E-state index in [1.807, 2.05) is 24.3 Å². The molecule has 0 fully saturated rings. The Bertz CT molecular complexity index is 630. The maximum absolute atomic E-state index is 12.8. The van der Waals surface area contributed by atoms with Crippen molar-refractivity contribution in [1.82, 2.24) is 10.6 Å². The Balaban J connectivity index is 1.56. The number of nitrogens with one attached hydrogen (secondary N) is 2. The van der Waals surface area contributed by atoms with Gasteiger partial charge in [0.1, 0.15) is 17.3 Å². The maximum atomic E-state index is 12.8. The largest absolute Gasteiger partial charge is 0.497 e. The molecule has 0 aliphatic rings. The Hall–Kier alpha value is -2.76. The summed E-state index contributed by atoms with van der Waals surface area (Å²) >= 11 is 0. The Morgan fingerprint density at radius 2 is 1.67 bits per heavy atom. The van der Waals surface area contributed by atoms with Gasteiger partial charge in [0.05, 0.1) is 13.7 Å². The van der Waals surface area contributed by atoms with Crippen LogP contribution in [0.3, 0.4) is 0 Å². The van der Waals surface area contributed by atoms with E-state index < -0.39 is 0 Å². The molecule has 2 N–H and O–H groups in total. The van der Waals surface area contributed by atoms with Crippen LogP contribution in [-0.2, 0) is 6.54 Å². The standard InChI is InChI=1S/C18H21FN2O3/c1-23-16-7-9-17(10-8-16)24-12-2-11-20-18(22)21-13-14-3-5-15(19)6-4-14/h3-10H,2,11-13H2,1H3,(H2,20,21,22). The third-order valence-corrected chi connectivity index (χ3v) is 3.30. The number of methoxy groups -OCH3 is 1. The zero-order valence-electron chi connectivity index (χ0n) is 13.5. The fourth-order valence-electron chi connectivity index (χ4n) is 1.98. The van der Waals surface area contributed by atoms with E-state index in [0.29, 0.717) is 26.1 Å². The molecule has 0 aliphatic heterocycles. The van der Waals surface area contributed by atoms with Crippen molar-refractivity contribution in [2.45, 2.75) is 13.0 Å². The van der Waals surface area contributed by atoms with E-state index in [9.17, 15) is 9.18 Å². The monoisotopic (exact) mass is 332 g/mol. The SMILES string of the molecule is COc1ccc(OCCCNC(=O)NCc2ccc(F)cc2)cc1. The summed E-state index contributed by atoms with van der Waals surface area (Å²) in [4.78, 5) is 11.6. The van der Waals surface area contributed by atoms with Crippen LogP contribution in [0.5, 0.6) is 11.5 Å². The van der Waals surface area contributed by atoms with Crippen LogP contribution in [0.25, 0.3) is 0 Å². The molecule has 0 spiro atoms. The number of halogens is 1. The molecular weight excluding hydrogens is 311 g/mol. The minimum Gasteiger partial charge on any atom is -0.497 e. The summed E-state index contributed by atoms with van der Waals surface area (Å²) in [6.45, 7) is 1.37. The highest BCUT2D eigenvalue weighted by atomic mass is 19.1. The molecule has 0 heterocycles. The minimum absolute atomic E-state index is 0.260. The fourth-order valence-corrected chi connectivity index (χ4v) is 1.98. The van der Waals surface area contributed by atoms with Gasteiger partial charge in [-0.3, -0.25) is 0 Å². The van der Waals surface area contributed by atoms with E-state index in [1.54, 1.807) is 19.2 Å². The molecule has 0 aliphatic carbocycles. The van der Waals surface area contributed by atoms with Crippen molar-refractivity contribution in [3.8, 4) is 11.5 Å². The molecule has 2 aromatic carbocycles. The number of hydrogen-bond acceptors (Lipinski definition) is 3. The summed E-state index contributed by atoms with van der Waals surface area (Å²) in [5.74, 6) is 1.25. The highest BCUT2D eigenvalue weighted by molar-refractivity contribution is 5.73. The van der Waals surface area contributed by atoms with Crippen LogP contribution in [0, 0.1) is 5.82 Å². The Kier molecular flexibility index (Phi) is 6.89. The van der Waals surface area contributed by atoms with Crippen molar-refractivity contribution in [2.24, 2.45) is 0 Å². The quantitative estimate of drug-likeness (QED) is 0.730. The van der Waals surface area contributed by atoms with Crippen molar-refractivity contribution in [1.29, 1.82) is 0 Å². The van der Waals surface area contributed by atoms with Gasteiger partial charge < -0.3 is 20.1 Å². The number of carbonyl (C=O) groups is 1. The molecule has 5 nitrogen and oxygen atoms in total. The molecule has 128 valence electrons. The molecule has 2 rings (SSSR count). The normalized spacial score (nSPS) is 10.1. The van der Waals surface area contributed by atoms with Gasteiger partial charge in [0.25, 0.3) is 0 Å². The predicted molar refractivity (Wildman–Crippen MR) is 89.7 cm³/mol. The lowest BCUT2D eigenvalue weighted by Crippen LogP contribution is -2.36. The summed E-state index contributed by atoms with van der Waals surface area (Å²) in [7, 11) is 1.61. The topological polar surface area (TPSA) is 59.6 Å². The molecule has 24 heavy (non-hydrogen) atoms. The zero-order chi connectivity index (χ0) is 17.2. The molecule has 0 bridgehead atoms. The van der Waals surface area contributed by atoms with Crippen LogP contribution in [-0.4, -0.2) is 26.3 Å². The number of amides is 2. The van der Waals surface area contributed by atoms with Gasteiger partial charge >= 0.3 is 6.03 Å². The Labute approximate surface area is 140 Å². The Morgan fingerprint density at radius 3 is 2.33 bits per heavy atom. The van der Waals surface area contributed by atoms with E-state index in [-0.39, 0.29) is 11.8 Å². The average Bonchev–Trinajstić information content (AvgIpc) is 2.61. The second-order valence-electron chi connectivity index (χ2n) is 5.11. The van der Waals surface area contributed by atoms with Crippen LogP contribution in [0.2, 0.25) is 0 Å². The van der Waals surface area contributed by atoms with Crippen molar-refractivity contribution in [2.75, 3.05) is 20.3 Å². The highest BCUT2D eigenvalue weighted by Gasteiger charge is 2.01. The molecule has 0 aromatic heterocycles. The zero-order valence-corrected chi connectivity index (χ0v) is 13.5. The summed E-state index contributed by atoms with van der Waals surface area (Å²) in [5, 5.41) is 5.46. The van der Waals surface area contributed by atoms with Crippen molar-refractivity contribution in [3.05, 3.63) is 59.9 Å². The molecule has 0 unspecified atom stereocenters. The van der Waals surface area contributed by atoms with Crippen LogP contribution in [0.15, 0.2) is 48.5 Å². The van der Waals surface area contributed by atoms with Crippen molar-refractivity contribution < 1.29 is 18.7 Å². The van der Waals surface area contributed by atoms with Crippen LogP contribution >= 0.6 is 0 Å². The van der Waals surface area contributed by atoms with Gasteiger partial charge in [0.2, 0.25) is 0 Å². The van der Waals surface area contributed by atoms with Gasteiger partial charge in [0, 0.05) is 13.1 Å². The van der Waals surface area contributed by atoms with Crippen molar-refractivity contribution >= 4 is 6.03 Å². The first kappa shape index (κ1) is 17.6. The van der Waals surface area contributed by atoms with E-state index in [4.69, 9.17) is 9.47 Å². The lowest BCUT2D eigenvalue weighted by molar-refractivity contribution is 0.238. The first-order valence-corrected chi connectivity index (χ1v) is 7.70. The van der Waals surface area contributed by atoms with Crippen molar-refractivity contribution in [3.63, 3.8) is 0 Å². The molecule has 0 saturated heterocycles. The molecule has 0 atom stereocenters. The van der Waals surface area contributed by atoms with Gasteiger partial charge in [-0.2, -0.15) is 0 Å². The van der Waals surface area contributed by atoms with Gasteiger partial charge in [-0.25, -0.2) is 9.18 Å². The first-order chi connectivity index (χ1) is 11.7. The number of rotatable bonds is 8. The van der Waals surface area contributed by atoms with E-state index in [1.165, 1.54) is 12.1 Å². The smallest absolute Gasteiger partial charge is 0.315 e. The van der Waals surface area contributed by atoms with Crippen LogP contribution in [0.4, 0.5) is 9.18 Å². The van der Waals surface area contributed by atoms with E-state index >= 15 is 0 Å². The first-order valence-electron chi connectivity index (χ1n) is 7.70. The number of hydrogen-bond donors (Lipinski definition) is 2. The number of carbonyl (C=O) groups excluding carboxylic acids is 1. The third-order valence-electron chi connectivity index (χ3n) is 3.30. The number of benzene rings is 2. The molecule has 2 amide bonds. The fraction of sp³-hybridized carbons (Fsp3) is 0.278. The Morgan fingerprint density at radius 1 is 1.00 bits per heavy atom. The van der Waals surface area contributed by atoms with Crippen LogP contribution < -0.4 is 20.1 Å². The van der Waals surface area contributed by atoms with Gasteiger partial charge in [-0.15, -0.1) is 0 Å². The molecule has 0 saturated carbocycles. The minimum atomic E-state index is -0.292. The van der Waals surface area contributed by atoms with Crippen LogP contribution in [0.1, 0.15) is 12.0 Å². The van der Waals surface area contributed by atoms with Gasteiger partial charge in [0.15, 0.2) is 0 Å². The molecular formula is C18H21FN2O3. The lowest BCUT2D eigenvalue weighted by atomic mass is 10.2. The second kappa shape index (κ2) is 9.39. The number of ether oxygens (including phenoxy) is 2. The highest BCUT2D eigenvalue weighted by Crippen LogP contribution is 2.16. The lowest BCUT2D eigenvalue weighted by Gasteiger charge is -2.09. The summed E-state index contributed by atoms with van der Waals surface area (Å²) in [6, 6.07) is 13.1. The van der Waals surface area contributed by atoms with E-state index in [0.717, 1.165) is 17.1 Å². The second-order valence-corrected chi connectivity index (χ2v) is 5.11. The maximum Gasteiger partial charge on any atom is 0.315 e. The third kappa shape index (κ3) is 6.16. The summed E-state index contributed by atoms with van der Waals surface area (Å²) < 4.78 is 23.4. The predicted octanol–water partition coefficient (Wildman–Crippen LogP) is 3.10. The van der Waals surface area contributed by atoms with Gasteiger partial charge in [-0.05, 0) is 48.4 Å².